The lowest BCUT2D eigenvalue weighted by Crippen LogP contribution is -2.41. The average molecular weight is 407 g/mol. The Kier molecular flexibility index (Phi) is 6.17. The van der Waals surface area contributed by atoms with Crippen LogP contribution in [-0.2, 0) is 14.8 Å². The van der Waals surface area contributed by atoms with Crippen LogP contribution in [0.4, 0.5) is 0 Å². The minimum Gasteiger partial charge on any atom is -0.379 e. The number of nitrogens with zero attached hydrogens (tertiary/aromatic N) is 1. The lowest BCUT2D eigenvalue weighted by molar-refractivity contribution is 0.0625. The quantitative estimate of drug-likeness (QED) is 0.754. The summed E-state index contributed by atoms with van der Waals surface area (Å²) in [6, 6.07) is 5.49. The number of carbonyl (C=O) groups excluding carboxylic acids is 1. The van der Waals surface area contributed by atoms with Gasteiger partial charge in [-0.15, -0.1) is 0 Å². The van der Waals surface area contributed by atoms with E-state index in [9.17, 15) is 18.0 Å². The second kappa shape index (κ2) is 8.42. The van der Waals surface area contributed by atoms with Crippen LogP contribution in [0.5, 0.6) is 0 Å². The van der Waals surface area contributed by atoms with Gasteiger partial charge in [0.2, 0.25) is 15.6 Å². The molecule has 9 heteroatoms. The molecule has 1 atom stereocenters. The monoisotopic (exact) mass is 407 g/mol. The average Bonchev–Trinajstić information content (AvgIpc) is 2.68. The number of sulfonamides is 1. The van der Waals surface area contributed by atoms with Crippen molar-refractivity contribution in [3.63, 3.8) is 0 Å². The number of ether oxygens (including phenoxy) is 1. The van der Waals surface area contributed by atoms with Crippen molar-refractivity contribution < 1.29 is 17.9 Å². The van der Waals surface area contributed by atoms with Crippen molar-refractivity contribution >= 4 is 26.8 Å². The molecule has 1 aromatic heterocycles. The molecule has 0 radical (unpaired) electrons. The lowest BCUT2D eigenvalue weighted by Gasteiger charge is -2.23. The topological polar surface area (TPSA) is 109 Å². The fourth-order valence-electron chi connectivity index (χ4n) is 3.41. The van der Waals surface area contributed by atoms with E-state index in [4.69, 9.17) is 4.74 Å². The van der Waals surface area contributed by atoms with Gasteiger partial charge in [0.15, 0.2) is 0 Å². The van der Waals surface area contributed by atoms with Gasteiger partial charge in [-0.25, -0.2) is 8.42 Å². The fourth-order valence-corrected chi connectivity index (χ4v) is 4.90. The van der Waals surface area contributed by atoms with E-state index in [1.165, 1.54) is 28.6 Å². The number of pyridine rings is 1. The van der Waals surface area contributed by atoms with Gasteiger partial charge in [0, 0.05) is 36.7 Å². The third-order valence-corrected chi connectivity index (χ3v) is 6.94. The molecule has 1 aliphatic rings. The summed E-state index contributed by atoms with van der Waals surface area (Å²) >= 11 is 0. The van der Waals surface area contributed by atoms with Crippen LogP contribution in [0.15, 0.2) is 34.0 Å². The van der Waals surface area contributed by atoms with Crippen LogP contribution in [0.3, 0.4) is 0 Å². The maximum Gasteiger partial charge on any atom is 0.252 e. The molecule has 0 spiro atoms. The van der Waals surface area contributed by atoms with Crippen molar-refractivity contribution in [3.05, 3.63) is 40.2 Å². The lowest BCUT2D eigenvalue weighted by atomic mass is 10.1. The molecule has 1 unspecified atom stereocenters. The van der Waals surface area contributed by atoms with Crippen LogP contribution in [0.1, 0.15) is 37.0 Å². The van der Waals surface area contributed by atoms with Crippen LogP contribution in [0.2, 0.25) is 0 Å². The van der Waals surface area contributed by atoms with Crippen molar-refractivity contribution in [1.82, 2.24) is 14.6 Å². The Labute approximate surface area is 163 Å². The highest BCUT2D eigenvalue weighted by Gasteiger charge is 2.24. The van der Waals surface area contributed by atoms with E-state index in [-0.39, 0.29) is 16.5 Å². The molecule has 1 amide bonds. The summed E-state index contributed by atoms with van der Waals surface area (Å²) < 4.78 is 32.4. The smallest absolute Gasteiger partial charge is 0.252 e. The third kappa shape index (κ3) is 4.11. The number of aromatic nitrogens is 1. The minimum absolute atomic E-state index is 0.0887. The molecule has 0 saturated carbocycles. The van der Waals surface area contributed by atoms with Crippen molar-refractivity contribution in [2.24, 2.45) is 0 Å². The molecule has 152 valence electrons. The zero-order valence-electron chi connectivity index (χ0n) is 16.0. The Morgan fingerprint density at radius 2 is 2.04 bits per heavy atom. The number of hydrogen-bond donors (Lipinski definition) is 2. The number of benzene rings is 1. The number of fused-ring (bicyclic) bond motifs is 1. The van der Waals surface area contributed by atoms with Gasteiger partial charge in [-0.1, -0.05) is 13.8 Å². The molecule has 3 rings (SSSR count). The van der Waals surface area contributed by atoms with Crippen LogP contribution < -0.4 is 10.9 Å². The van der Waals surface area contributed by atoms with Gasteiger partial charge in [0.05, 0.1) is 23.1 Å². The summed E-state index contributed by atoms with van der Waals surface area (Å²) in [6.45, 7) is 5.33. The fraction of sp³-hybridized carbons (Fsp3) is 0.474. The number of aromatic amines is 1. The van der Waals surface area contributed by atoms with Gasteiger partial charge in [-0.2, -0.15) is 4.31 Å². The summed E-state index contributed by atoms with van der Waals surface area (Å²) in [4.78, 5) is 27.5. The van der Waals surface area contributed by atoms with Crippen molar-refractivity contribution in [1.29, 1.82) is 0 Å². The predicted molar refractivity (Wildman–Crippen MR) is 106 cm³/mol. The summed E-state index contributed by atoms with van der Waals surface area (Å²) in [5.74, 6) is -0.413. The van der Waals surface area contributed by atoms with E-state index in [0.717, 1.165) is 12.8 Å². The number of amides is 1. The Hall–Kier alpha value is -2.23. The van der Waals surface area contributed by atoms with Crippen molar-refractivity contribution in [2.75, 3.05) is 26.3 Å². The maximum atomic E-state index is 12.8. The van der Waals surface area contributed by atoms with E-state index in [0.29, 0.717) is 37.2 Å². The molecule has 0 aliphatic carbocycles. The van der Waals surface area contributed by atoms with Crippen LogP contribution in [0, 0.1) is 0 Å². The van der Waals surface area contributed by atoms with Gasteiger partial charge in [0.1, 0.15) is 0 Å². The first kappa shape index (κ1) is 20.5. The molecule has 8 nitrogen and oxygen atoms in total. The first-order valence-electron chi connectivity index (χ1n) is 9.42. The van der Waals surface area contributed by atoms with E-state index >= 15 is 0 Å². The summed E-state index contributed by atoms with van der Waals surface area (Å²) in [7, 11) is -3.68. The highest BCUT2D eigenvalue weighted by Crippen LogP contribution is 2.23. The minimum atomic E-state index is -3.68. The van der Waals surface area contributed by atoms with Crippen LogP contribution in [0.25, 0.3) is 10.9 Å². The second-order valence-electron chi connectivity index (χ2n) is 6.73. The first-order chi connectivity index (χ1) is 13.4. The highest BCUT2D eigenvalue weighted by molar-refractivity contribution is 7.89. The summed E-state index contributed by atoms with van der Waals surface area (Å²) in [5, 5.41) is 3.27. The number of rotatable bonds is 6. The van der Waals surface area contributed by atoms with Gasteiger partial charge in [-0.05, 0) is 31.0 Å². The SMILES string of the molecule is CCN(CC)S(=O)(=O)c1ccc2[nH]c(=O)cc(C(=O)NC3CCCOC3)c2c1. The Bertz CT molecular complexity index is 1020. The second-order valence-corrected chi connectivity index (χ2v) is 8.67. The molecule has 1 fully saturated rings. The van der Waals surface area contributed by atoms with Crippen LogP contribution >= 0.6 is 0 Å². The summed E-state index contributed by atoms with van der Waals surface area (Å²) in [5.41, 5.74) is 0.147. The molecular formula is C19H25N3O5S. The van der Waals surface area contributed by atoms with Gasteiger partial charge in [-0.3, -0.25) is 9.59 Å². The Morgan fingerprint density at radius 3 is 2.68 bits per heavy atom. The largest absolute Gasteiger partial charge is 0.379 e. The summed E-state index contributed by atoms with van der Waals surface area (Å²) in [6.07, 6.45) is 1.65. The normalized spacial score (nSPS) is 17.8. The zero-order valence-corrected chi connectivity index (χ0v) is 16.8. The first-order valence-corrected chi connectivity index (χ1v) is 10.9. The third-order valence-electron chi connectivity index (χ3n) is 4.90. The van der Waals surface area contributed by atoms with Gasteiger partial charge >= 0.3 is 0 Å². The number of hydrogen-bond acceptors (Lipinski definition) is 5. The molecule has 1 aromatic carbocycles. The molecule has 2 aromatic rings. The molecule has 28 heavy (non-hydrogen) atoms. The Morgan fingerprint density at radius 1 is 1.29 bits per heavy atom. The zero-order chi connectivity index (χ0) is 20.3. The molecule has 0 bridgehead atoms. The number of nitrogens with one attached hydrogen (secondary N) is 2. The van der Waals surface area contributed by atoms with Gasteiger partial charge < -0.3 is 15.0 Å². The van der Waals surface area contributed by atoms with Crippen LogP contribution in [-0.4, -0.2) is 56.0 Å². The van der Waals surface area contributed by atoms with Crippen molar-refractivity contribution in [2.45, 2.75) is 37.6 Å². The van der Waals surface area contributed by atoms with Crippen molar-refractivity contribution in [3.8, 4) is 0 Å². The molecular weight excluding hydrogens is 382 g/mol. The number of carbonyl (C=O) groups is 1. The molecule has 2 heterocycles. The molecule has 2 N–H and O–H groups in total. The van der Waals surface area contributed by atoms with E-state index in [1.54, 1.807) is 13.8 Å². The predicted octanol–water partition coefficient (Wildman–Crippen LogP) is 1.47. The number of H-pyrrole nitrogens is 1. The van der Waals surface area contributed by atoms with E-state index < -0.39 is 21.5 Å². The van der Waals surface area contributed by atoms with E-state index in [2.05, 4.69) is 10.3 Å². The van der Waals surface area contributed by atoms with Gasteiger partial charge in [0.25, 0.3) is 5.91 Å². The maximum absolute atomic E-state index is 12.8. The molecule has 1 aliphatic heterocycles. The molecule has 1 saturated heterocycles. The standard InChI is InChI=1S/C19H25N3O5S/c1-3-22(4-2)28(25,26)14-7-8-17-15(10-14)16(11-18(23)21-17)19(24)20-13-6-5-9-27-12-13/h7-8,10-11,13H,3-6,9,12H2,1-2H3,(H,20,24)(H,21,23). The van der Waals surface area contributed by atoms with E-state index in [1.807, 2.05) is 0 Å². The highest BCUT2D eigenvalue weighted by atomic mass is 32.2. The Balaban J connectivity index is 2.04.